The highest BCUT2D eigenvalue weighted by Gasteiger charge is 2.20. The number of benzene rings is 1. The molecule has 0 fully saturated rings. The summed E-state index contributed by atoms with van der Waals surface area (Å²) in [5.74, 6) is 1.00. The standard InChI is InChI=1S/C16H20N4S/c1-12(2)20(11-13-6-4-3-5-7-13)15-14(10-17)19-8-9-21-16(19)18-15/h3-9,12H,10-11,17H2,1-2H3. The van der Waals surface area contributed by atoms with Crippen molar-refractivity contribution in [2.75, 3.05) is 4.90 Å². The van der Waals surface area contributed by atoms with Gasteiger partial charge in [-0.2, -0.15) is 0 Å². The van der Waals surface area contributed by atoms with E-state index >= 15 is 0 Å². The average Bonchev–Trinajstić information content (AvgIpc) is 3.05. The third-order valence-electron chi connectivity index (χ3n) is 3.62. The maximum absolute atomic E-state index is 5.97. The summed E-state index contributed by atoms with van der Waals surface area (Å²) in [6, 6.07) is 10.8. The van der Waals surface area contributed by atoms with Crippen LogP contribution in [0, 0.1) is 0 Å². The first kappa shape index (κ1) is 14.1. The van der Waals surface area contributed by atoms with Gasteiger partial charge in [-0.3, -0.25) is 4.40 Å². The van der Waals surface area contributed by atoms with Crippen molar-refractivity contribution in [3.63, 3.8) is 0 Å². The molecule has 0 saturated heterocycles. The lowest BCUT2D eigenvalue weighted by Crippen LogP contribution is -2.31. The molecule has 0 radical (unpaired) electrons. The Balaban J connectivity index is 2.01. The first-order valence-electron chi connectivity index (χ1n) is 7.15. The number of fused-ring (bicyclic) bond motifs is 1. The van der Waals surface area contributed by atoms with E-state index in [0.717, 1.165) is 23.0 Å². The maximum atomic E-state index is 5.97. The molecule has 0 unspecified atom stereocenters. The Morgan fingerprint density at radius 3 is 2.71 bits per heavy atom. The van der Waals surface area contributed by atoms with Crippen LogP contribution in [0.4, 0.5) is 5.82 Å². The maximum Gasteiger partial charge on any atom is 0.195 e. The monoisotopic (exact) mass is 300 g/mol. The number of anilines is 1. The molecule has 0 bridgehead atoms. The van der Waals surface area contributed by atoms with Crippen molar-refractivity contribution in [2.24, 2.45) is 5.73 Å². The number of aromatic nitrogens is 2. The molecule has 5 heteroatoms. The normalized spacial score (nSPS) is 11.4. The third kappa shape index (κ3) is 2.66. The number of thiazole rings is 1. The van der Waals surface area contributed by atoms with E-state index in [9.17, 15) is 0 Å². The van der Waals surface area contributed by atoms with Gasteiger partial charge in [0.05, 0.1) is 5.69 Å². The summed E-state index contributed by atoms with van der Waals surface area (Å²) in [5.41, 5.74) is 8.33. The van der Waals surface area contributed by atoms with E-state index < -0.39 is 0 Å². The molecular weight excluding hydrogens is 280 g/mol. The first-order valence-corrected chi connectivity index (χ1v) is 8.03. The topological polar surface area (TPSA) is 46.6 Å². The predicted molar refractivity (Wildman–Crippen MR) is 88.7 cm³/mol. The molecule has 0 spiro atoms. The van der Waals surface area contributed by atoms with Crippen LogP contribution in [-0.4, -0.2) is 15.4 Å². The summed E-state index contributed by atoms with van der Waals surface area (Å²) >= 11 is 1.64. The summed E-state index contributed by atoms with van der Waals surface area (Å²) in [5, 5.41) is 2.04. The highest BCUT2D eigenvalue weighted by molar-refractivity contribution is 7.15. The Morgan fingerprint density at radius 1 is 1.29 bits per heavy atom. The molecule has 0 atom stereocenters. The van der Waals surface area contributed by atoms with Gasteiger partial charge >= 0.3 is 0 Å². The number of hydrogen-bond acceptors (Lipinski definition) is 4. The first-order chi connectivity index (χ1) is 10.2. The van der Waals surface area contributed by atoms with Crippen molar-refractivity contribution in [3.05, 3.63) is 53.2 Å². The van der Waals surface area contributed by atoms with E-state index in [-0.39, 0.29) is 0 Å². The number of nitrogens with two attached hydrogens (primary N) is 1. The van der Waals surface area contributed by atoms with Crippen molar-refractivity contribution in [2.45, 2.75) is 33.0 Å². The van der Waals surface area contributed by atoms with Crippen LogP contribution in [0.5, 0.6) is 0 Å². The van der Waals surface area contributed by atoms with Crippen LogP contribution in [0.15, 0.2) is 41.9 Å². The molecule has 110 valence electrons. The summed E-state index contributed by atoms with van der Waals surface area (Å²) in [6.45, 7) is 5.72. The second kappa shape index (κ2) is 5.87. The molecule has 0 aliphatic carbocycles. The van der Waals surface area contributed by atoms with Crippen molar-refractivity contribution in [1.29, 1.82) is 0 Å². The fourth-order valence-corrected chi connectivity index (χ4v) is 3.25. The Morgan fingerprint density at radius 2 is 2.05 bits per heavy atom. The predicted octanol–water partition coefficient (Wildman–Crippen LogP) is 3.27. The average molecular weight is 300 g/mol. The van der Waals surface area contributed by atoms with Gasteiger partial charge in [0.15, 0.2) is 10.8 Å². The molecule has 21 heavy (non-hydrogen) atoms. The van der Waals surface area contributed by atoms with Crippen LogP contribution in [0.1, 0.15) is 25.1 Å². The molecule has 0 saturated carbocycles. The summed E-state index contributed by atoms with van der Waals surface area (Å²) in [7, 11) is 0. The second-order valence-electron chi connectivity index (χ2n) is 5.35. The van der Waals surface area contributed by atoms with Gasteiger partial charge in [-0.05, 0) is 19.4 Å². The lowest BCUT2D eigenvalue weighted by molar-refractivity contribution is 0.669. The molecule has 0 aliphatic heterocycles. The van der Waals surface area contributed by atoms with Gasteiger partial charge in [-0.15, -0.1) is 11.3 Å². The van der Waals surface area contributed by atoms with Crippen molar-refractivity contribution < 1.29 is 0 Å². The highest BCUT2D eigenvalue weighted by atomic mass is 32.1. The Hall–Kier alpha value is -1.85. The van der Waals surface area contributed by atoms with Crippen LogP contribution in [0.25, 0.3) is 4.96 Å². The Labute approximate surface area is 128 Å². The lowest BCUT2D eigenvalue weighted by atomic mass is 10.2. The molecule has 3 rings (SSSR count). The zero-order chi connectivity index (χ0) is 14.8. The SMILES string of the molecule is CC(C)N(Cc1ccccc1)c1nc2sccn2c1CN. The van der Waals surface area contributed by atoms with Crippen molar-refractivity contribution in [3.8, 4) is 0 Å². The van der Waals surface area contributed by atoms with Gasteiger partial charge in [0.25, 0.3) is 0 Å². The van der Waals surface area contributed by atoms with Crippen LogP contribution in [-0.2, 0) is 13.1 Å². The van der Waals surface area contributed by atoms with E-state index in [2.05, 4.69) is 47.4 Å². The zero-order valence-corrected chi connectivity index (χ0v) is 13.2. The van der Waals surface area contributed by atoms with Crippen molar-refractivity contribution >= 4 is 22.1 Å². The highest BCUT2D eigenvalue weighted by Crippen LogP contribution is 2.27. The summed E-state index contributed by atoms with van der Waals surface area (Å²) in [6.07, 6.45) is 2.04. The zero-order valence-electron chi connectivity index (χ0n) is 12.4. The minimum Gasteiger partial charge on any atom is -0.348 e. The van der Waals surface area contributed by atoms with Gasteiger partial charge < -0.3 is 10.6 Å². The minimum absolute atomic E-state index is 0.361. The van der Waals surface area contributed by atoms with Crippen LogP contribution in [0.3, 0.4) is 0 Å². The third-order valence-corrected chi connectivity index (χ3v) is 4.38. The molecule has 0 aliphatic rings. The van der Waals surface area contributed by atoms with Gasteiger partial charge in [0.2, 0.25) is 0 Å². The smallest absolute Gasteiger partial charge is 0.195 e. The molecule has 3 aromatic rings. The molecule has 1 aromatic carbocycles. The number of hydrogen-bond donors (Lipinski definition) is 1. The second-order valence-corrected chi connectivity index (χ2v) is 6.22. The van der Waals surface area contributed by atoms with Crippen molar-refractivity contribution in [1.82, 2.24) is 9.38 Å². The van der Waals surface area contributed by atoms with E-state index in [4.69, 9.17) is 10.7 Å². The fourth-order valence-electron chi connectivity index (χ4n) is 2.52. The summed E-state index contributed by atoms with van der Waals surface area (Å²) in [4.78, 5) is 8.11. The van der Waals surface area contributed by atoms with E-state index in [1.54, 1.807) is 11.3 Å². The minimum atomic E-state index is 0.361. The number of nitrogens with zero attached hydrogens (tertiary/aromatic N) is 3. The lowest BCUT2D eigenvalue weighted by Gasteiger charge is -2.28. The van der Waals surface area contributed by atoms with Crippen LogP contribution in [0.2, 0.25) is 0 Å². The Bertz CT molecular complexity index is 714. The fraction of sp³-hybridized carbons (Fsp3) is 0.312. The molecular formula is C16H20N4S. The molecule has 4 nitrogen and oxygen atoms in total. The molecule has 2 aromatic heterocycles. The van der Waals surface area contributed by atoms with Gasteiger partial charge in [-0.1, -0.05) is 30.3 Å². The molecule has 2 N–H and O–H groups in total. The van der Waals surface area contributed by atoms with Gasteiger partial charge in [0.1, 0.15) is 0 Å². The number of rotatable bonds is 5. The van der Waals surface area contributed by atoms with E-state index in [0.29, 0.717) is 12.6 Å². The summed E-state index contributed by atoms with van der Waals surface area (Å²) < 4.78 is 2.10. The van der Waals surface area contributed by atoms with E-state index in [1.165, 1.54) is 5.56 Å². The van der Waals surface area contributed by atoms with E-state index in [1.807, 2.05) is 17.6 Å². The number of imidazole rings is 1. The van der Waals surface area contributed by atoms with Gasteiger partial charge in [-0.25, -0.2) is 4.98 Å². The van der Waals surface area contributed by atoms with Crippen LogP contribution >= 0.6 is 11.3 Å². The largest absolute Gasteiger partial charge is 0.348 e. The van der Waals surface area contributed by atoms with Crippen LogP contribution < -0.4 is 10.6 Å². The van der Waals surface area contributed by atoms with Gasteiger partial charge in [0, 0.05) is 30.7 Å². The molecule has 0 amide bonds. The molecule has 2 heterocycles. The quantitative estimate of drug-likeness (QED) is 0.786. The Kier molecular flexibility index (Phi) is 3.94.